The van der Waals surface area contributed by atoms with Gasteiger partial charge >= 0.3 is 0 Å². The predicted molar refractivity (Wildman–Crippen MR) is 123 cm³/mol. The minimum Gasteiger partial charge on any atom is -0.360 e. The lowest BCUT2D eigenvalue weighted by Crippen LogP contribution is -2.45. The number of rotatable bonds is 4. The van der Waals surface area contributed by atoms with Gasteiger partial charge in [-0.15, -0.1) is 0 Å². The number of para-hydroxylation sites is 1. The summed E-state index contributed by atoms with van der Waals surface area (Å²) in [7, 11) is 0. The second-order valence-corrected chi connectivity index (χ2v) is 8.18. The van der Waals surface area contributed by atoms with Crippen LogP contribution in [0.5, 0.6) is 0 Å². The maximum atomic E-state index is 13.4. The quantitative estimate of drug-likeness (QED) is 0.234. The van der Waals surface area contributed by atoms with Crippen LogP contribution in [0.15, 0.2) is 47.4 Å². The third-order valence-electron chi connectivity index (χ3n) is 5.97. The molecule has 1 unspecified atom stereocenters. The largest absolute Gasteiger partial charge is 0.360 e. The summed E-state index contributed by atoms with van der Waals surface area (Å²) in [6.45, 7) is 1.54. The summed E-state index contributed by atoms with van der Waals surface area (Å²) in [4.78, 5) is 69.8. The van der Waals surface area contributed by atoms with Gasteiger partial charge in [-0.2, -0.15) is 0 Å². The normalized spacial score (nSPS) is 15.9. The van der Waals surface area contributed by atoms with Crippen LogP contribution < -0.4 is 16.2 Å². The van der Waals surface area contributed by atoms with E-state index in [-0.39, 0.29) is 40.8 Å². The molecule has 1 fully saturated rings. The van der Waals surface area contributed by atoms with Crippen LogP contribution in [-0.2, 0) is 14.4 Å². The van der Waals surface area contributed by atoms with Crippen molar-refractivity contribution < 1.29 is 23.6 Å². The van der Waals surface area contributed by atoms with Crippen LogP contribution in [0.25, 0.3) is 21.8 Å². The zero-order valence-corrected chi connectivity index (χ0v) is 18.3. The molecule has 0 saturated carbocycles. The van der Waals surface area contributed by atoms with E-state index in [2.05, 4.69) is 20.6 Å². The summed E-state index contributed by atoms with van der Waals surface area (Å²) in [5.74, 6) is -3.07. The number of aryl methyl sites for hydroxylation is 1. The molecule has 1 atom stereocenters. The predicted octanol–water partition coefficient (Wildman–Crippen LogP) is 2.12. The lowest BCUT2D eigenvalue weighted by Gasteiger charge is -2.24. The fourth-order valence-corrected chi connectivity index (χ4v) is 4.31. The molecule has 0 spiro atoms. The molecule has 35 heavy (non-hydrogen) atoms. The Hall–Kier alpha value is -4.67. The van der Waals surface area contributed by atoms with Crippen LogP contribution in [0, 0.1) is 12.7 Å². The van der Waals surface area contributed by atoms with Crippen molar-refractivity contribution in [2.75, 3.05) is 5.32 Å². The highest BCUT2D eigenvalue weighted by molar-refractivity contribution is 6.48. The first-order chi connectivity index (χ1) is 16.7. The number of aromatic amines is 1. The van der Waals surface area contributed by atoms with E-state index in [4.69, 9.17) is 0 Å². The van der Waals surface area contributed by atoms with Crippen molar-refractivity contribution >= 4 is 51.0 Å². The molecule has 0 bridgehead atoms. The van der Waals surface area contributed by atoms with Crippen molar-refractivity contribution in [2.24, 2.45) is 0 Å². The number of hydrogen-bond acceptors (Lipinski definition) is 6. The second kappa shape index (κ2) is 8.28. The summed E-state index contributed by atoms with van der Waals surface area (Å²) in [6, 6.07) is 7.44. The molecule has 2 aromatic heterocycles. The average Bonchev–Trinajstić information content (AvgIpc) is 3.23. The van der Waals surface area contributed by atoms with E-state index in [1.54, 1.807) is 6.92 Å². The maximum Gasteiger partial charge on any atom is 0.296 e. The maximum absolute atomic E-state index is 13.4. The third-order valence-corrected chi connectivity index (χ3v) is 5.97. The van der Waals surface area contributed by atoms with Gasteiger partial charge in [0.1, 0.15) is 23.2 Å². The Morgan fingerprint density at radius 1 is 1.14 bits per heavy atom. The number of nitrogens with zero attached hydrogens (tertiary/aromatic N) is 2. The first-order valence-electron chi connectivity index (χ1n) is 10.7. The Kier molecular flexibility index (Phi) is 5.24. The third kappa shape index (κ3) is 3.76. The zero-order chi connectivity index (χ0) is 24.9. The summed E-state index contributed by atoms with van der Waals surface area (Å²) >= 11 is 0. The van der Waals surface area contributed by atoms with E-state index in [9.17, 15) is 28.4 Å². The molecule has 176 valence electrons. The number of carbonyl (C=O) groups excluding carboxylic acids is 4. The zero-order valence-electron chi connectivity index (χ0n) is 18.3. The van der Waals surface area contributed by atoms with Gasteiger partial charge in [0, 0.05) is 23.5 Å². The number of piperidine rings is 1. The molecule has 0 radical (unpaired) electrons. The van der Waals surface area contributed by atoms with Gasteiger partial charge in [0.15, 0.2) is 0 Å². The highest BCUT2D eigenvalue weighted by atomic mass is 19.1. The van der Waals surface area contributed by atoms with Crippen molar-refractivity contribution in [3.05, 3.63) is 70.2 Å². The molecule has 10 nitrogen and oxygen atoms in total. The van der Waals surface area contributed by atoms with Gasteiger partial charge in [-0.1, -0.05) is 6.07 Å². The number of H-pyrrole nitrogens is 1. The molecular formula is C24H18FN5O5. The van der Waals surface area contributed by atoms with E-state index in [1.807, 2.05) is 0 Å². The van der Waals surface area contributed by atoms with Crippen LogP contribution >= 0.6 is 0 Å². The van der Waals surface area contributed by atoms with Crippen LogP contribution in [-0.4, -0.2) is 38.0 Å². The van der Waals surface area contributed by atoms with Crippen molar-refractivity contribution in [3.8, 4) is 0 Å². The Labute approximate surface area is 196 Å². The molecule has 2 aromatic carbocycles. The van der Waals surface area contributed by atoms with Crippen molar-refractivity contribution in [2.45, 2.75) is 25.8 Å². The molecule has 3 heterocycles. The minimum atomic E-state index is -0.962. The monoisotopic (exact) mass is 475 g/mol. The van der Waals surface area contributed by atoms with Gasteiger partial charge in [0.25, 0.3) is 17.2 Å². The summed E-state index contributed by atoms with van der Waals surface area (Å²) in [6.07, 6.45) is 1.59. The number of halogens is 1. The number of benzene rings is 2. The van der Waals surface area contributed by atoms with Crippen LogP contribution in [0.4, 0.5) is 10.1 Å². The molecule has 1 saturated heterocycles. The van der Waals surface area contributed by atoms with E-state index in [0.717, 1.165) is 0 Å². The lowest BCUT2D eigenvalue weighted by atomic mass is 10.1. The molecular weight excluding hydrogens is 457 g/mol. The Morgan fingerprint density at radius 3 is 2.71 bits per heavy atom. The lowest BCUT2D eigenvalue weighted by molar-refractivity contribution is -0.135. The molecule has 0 aliphatic carbocycles. The fourth-order valence-electron chi connectivity index (χ4n) is 4.31. The Balaban J connectivity index is 1.50. The molecule has 4 aromatic rings. The molecule has 1 aliphatic rings. The number of fused-ring (bicyclic) bond motifs is 2. The molecule has 3 amide bonds. The standard InChI is InChI=1S/C24H18FN5O5/c1-11-27-20-14(24(35)30(11)18-7-8-19(31)29-22(18)33)3-2-4-16(20)28-23(34)21(32)15-10-26-17-9-12(25)5-6-13(15)17/h2-6,9-10,18,26H,7-8H2,1H3,(H,28,34)(H,29,31,33). The molecule has 1 aliphatic heterocycles. The van der Waals surface area contributed by atoms with Crippen LogP contribution in [0.3, 0.4) is 0 Å². The number of hydrogen-bond donors (Lipinski definition) is 3. The Morgan fingerprint density at radius 2 is 1.94 bits per heavy atom. The minimum absolute atomic E-state index is 0.0714. The highest BCUT2D eigenvalue weighted by Gasteiger charge is 2.31. The number of carbonyl (C=O) groups is 4. The topological polar surface area (TPSA) is 143 Å². The van der Waals surface area contributed by atoms with Gasteiger partial charge in [-0.05, 0) is 43.7 Å². The van der Waals surface area contributed by atoms with Crippen molar-refractivity contribution in [3.63, 3.8) is 0 Å². The number of aromatic nitrogens is 3. The molecule has 5 rings (SSSR count). The fraction of sp³-hybridized carbons (Fsp3) is 0.167. The summed E-state index contributed by atoms with van der Waals surface area (Å²) < 4.78 is 14.7. The number of anilines is 1. The second-order valence-electron chi connectivity index (χ2n) is 8.18. The number of ketones is 1. The number of nitrogens with one attached hydrogen (secondary N) is 3. The Bertz CT molecular complexity index is 1640. The van der Waals surface area contributed by atoms with Gasteiger partial charge in [-0.3, -0.25) is 33.9 Å². The van der Waals surface area contributed by atoms with E-state index < -0.39 is 40.9 Å². The molecule has 11 heteroatoms. The van der Waals surface area contributed by atoms with Gasteiger partial charge in [0.05, 0.1) is 16.6 Å². The van der Waals surface area contributed by atoms with Crippen LogP contribution in [0.1, 0.15) is 35.1 Å². The van der Waals surface area contributed by atoms with Crippen molar-refractivity contribution in [1.82, 2.24) is 19.9 Å². The van der Waals surface area contributed by atoms with Crippen LogP contribution in [0.2, 0.25) is 0 Å². The van der Waals surface area contributed by atoms with Crippen molar-refractivity contribution in [1.29, 1.82) is 0 Å². The average molecular weight is 475 g/mol. The number of Topliss-reactive ketones (excluding diaryl/α,β-unsaturated/α-hetero) is 1. The van der Waals surface area contributed by atoms with E-state index in [1.165, 1.54) is 47.2 Å². The van der Waals surface area contributed by atoms with E-state index in [0.29, 0.717) is 10.9 Å². The number of imide groups is 1. The van der Waals surface area contributed by atoms with E-state index >= 15 is 0 Å². The first kappa shape index (κ1) is 22.1. The molecule has 3 N–H and O–H groups in total. The number of amides is 3. The smallest absolute Gasteiger partial charge is 0.296 e. The summed E-state index contributed by atoms with van der Waals surface area (Å²) in [5, 5.41) is 5.26. The SMILES string of the molecule is Cc1nc2c(NC(=O)C(=O)c3c[nH]c4cc(F)ccc34)cccc2c(=O)n1C1CCC(=O)NC1=O. The van der Waals surface area contributed by atoms with Gasteiger partial charge < -0.3 is 10.3 Å². The summed E-state index contributed by atoms with van der Waals surface area (Å²) in [5.41, 5.74) is 0.228. The first-order valence-corrected chi connectivity index (χ1v) is 10.7. The van der Waals surface area contributed by atoms with Gasteiger partial charge in [-0.25, -0.2) is 9.37 Å². The highest BCUT2D eigenvalue weighted by Crippen LogP contribution is 2.24. The van der Waals surface area contributed by atoms with Gasteiger partial charge in [0.2, 0.25) is 11.8 Å².